The molecule has 1 N–H and O–H groups in total. The van der Waals surface area contributed by atoms with Crippen LogP contribution in [0.15, 0.2) is 60.8 Å². The van der Waals surface area contributed by atoms with Crippen molar-refractivity contribution in [3.63, 3.8) is 0 Å². The van der Waals surface area contributed by atoms with E-state index < -0.39 is 0 Å². The quantitative estimate of drug-likeness (QED) is 0.789. The van der Waals surface area contributed by atoms with Crippen molar-refractivity contribution in [1.82, 2.24) is 9.97 Å². The minimum absolute atomic E-state index is 0.527. The van der Waals surface area contributed by atoms with Crippen molar-refractivity contribution >= 4 is 17.3 Å². The smallest absolute Gasteiger partial charge is 0.227 e. The second-order valence-corrected chi connectivity index (χ2v) is 5.62. The summed E-state index contributed by atoms with van der Waals surface area (Å²) < 4.78 is 5.70. The van der Waals surface area contributed by atoms with Crippen molar-refractivity contribution in [2.24, 2.45) is 0 Å². The summed E-state index contributed by atoms with van der Waals surface area (Å²) in [5.74, 6) is 1.36. The molecule has 0 saturated heterocycles. The van der Waals surface area contributed by atoms with E-state index in [1.165, 1.54) is 0 Å². The predicted molar refractivity (Wildman–Crippen MR) is 97.0 cm³/mol. The second kappa shape index (κ2) is 6.78. The van der Waals surface area contributed by atoms with E-state index >= 15 is 0 Å². The largest absolute Gasteiger partial charge is 0.489 e. The highest BCUT2D eigenvalue weighted by Gasteiger charge is 2.15. The predicted octanol–water partition coefficient (Wildman–Crippen LogP) is 3.65. The average Bonchev–Trinajstić information content (AvgIpc) is 2.84. The van der Waals surface area contributed by atoms with Crippen molar-refractivity contribution in [2.75, 3.05) is 30.6 Å². The summed E-state index contributed by atoms with van der Waals surface area (Å²) in [6, 6.07) is 17.7. The molecule has 0 saturated carbocycles. The molecular formula is C19H18N4O2. The normalized spacial score (nSPS) is 13.6. The second-order valence-electron chi connectivity index (χ2n) is 5.62. The van der Waals surface area contributed by atoms with Crippen LogP contribution in [0.1, 0.15) is 0 Å². The van der Waals surface area contributed by atoms with Gasteiger partial charge in [0.25, 0.3) is 0 Å². The summed E-state index contributed by atoms with van der Waals surface area (Å²) in [7, 11) is 1.87. The van der Waals surface area contributed by atoms with Gasteiger partial charge in [-0.1, -0.05) is 18.2 Å². The monoisotopic (exact) mass is 334 g/mol. The lowest BCUT2D eigenvalue weighted by Crippen LogP contribution is -2.17. The standard InChI is InChI=1S/C19H18N4O2/c1-23-17-13-14(7-8-18(17)24-11-12-25-23)16-9-10-20-19(22-16)21-15-5-3-2-4-6-15/h2-10,13H,11-12H2,1H3,(H,20,21,22). The van der Waals surface area contributed by atoms with Crippen molar-refractivity contribution in [1.29, 1.82) is 0 Å². The maximum atomic E-state index is 5.70. The van der Waals surface area contributed by atoms with Gasteiger partial charge < -0.3 is 10.1 Å². The van der Waals surface area contributed by atoms with Crippen LogP contribution >= 0.6 is 0 Å². The van der Waals surface area contributed by atoms with Gasteiger partial charge in [0.1, 0.15) is 24.7 Å². The zero-order valence-electron chi connectivity index (χ0n) is 13.8. The first-order valence-electron chi connectivity index (χ1n) is 8.08. The van der Waals surface area contributed by atoms with Gasteiger partial charge in [-0.3, -0.25) is 9.90 Å². The molecule has 0 aliphatic carbocycles. The van der Waals surface area contributed by atoms with Crippen LogP contribution in [-0.4, -0.2) is 30.2 Å². The van der Waals surface area contributed by atoms with Gasteiger partial charge in [-0.25, -0.2) is 9.97 Å². The Labute approximate surface area is 146 Å². The Morgan fingerprint density at radius 3 is 2.80 bits per heavy atom. The minimum atomic E-state index is 0.527. The molecule has 2 aromatic carbocycles. The summed E-state index contributed by atoms with van der Waals surface area (Å²) in [5.41, 5.74) is 3.63. The molecule has 6 heteroatoms. The molecule has 0 unspecified atom stereocenters. The number of para-hydroxylation sites is 1. The molecule has 0 radical (unpaired) electrons. The number of rotatable bonds is 3. The van der Waals surface area contributed by atoms with Gasteiger partial charge in [-0.2, -0.15) is 0 Å². The van der Waals surface area contributed by atoms with Gasteiger partial charge in [-0.15, -0.1) is 0 Å². The maximum Gasteiger partial charge on any atom is 0.227 e. The Balaban J connectivity index is 1.65. The van der Waals surface area contributed by atoms with Crippen LogP contribution in [0.3, 0.4) is 0 Å². The van der Waals surface area contributed by atoms with E-state index in [1.54, 1.807) is 11.3 Å². The first kappa shape index (κ1) is 15.4. The molecule has 0 amide bonds. The molecule has 3 aromatic rings. The SMILES string of the molecule is CN1OCCOc2ccc(-c3ccnc(Nc4ccccc4)n3)cc21. The van der Waals surface area contributed by atoms with Crippen molar-refractivity contribution in [2.45, 2.75) is 0 Å². The van der Waals surface area contributed by atoms with E-state index in [-0.39, 0.29) is 0 Å². The number of aromatic nitrogens is 2. The fourth-order valence-electron chi connectivity index (χ4n) is 2.67. The first-order valence-corrected chi connectivity index (χ1v) is 8.08. The molecule has 126 valence electrons. The van der Waals surface area contributed by atoms with Gasteiger partial charge in [-0.05, 0) is 36.4 Å². The molecule has 1 aliphatic rings. The maximum absolute atomic E-state index is 5.70. The van der Waals surface area contributed by atoms with E-state index in [2.05, 4.69) is 15.3 Å². The van der Waals surface area contributed by atoms with Crippen molar-refractivity contribution < 1.29 is 9.57 Å². The zero-order valence-corrected chi connectivity index (χ0v) is 13.8. The summed E-state index contributed by atoms with van der Waals surface area (Å²) >= 11 is 0. The third-order valence-electron chi connectivity index (χ3n) is 3.91. The third kappa shape index (κ3) is 3.39. The Bertz CT molecular complexity index is 870. The molecule has 1 aliphatic heterocycles. The molecule has 4 rings (SSSR count). The molecule has 0 fully saturated rings. The van der Waals surface area contributed by atoms with E-state index in [0.717, 1.165) is 28.4 Å². The topological polar surface area (TPSA) is 59.5 Å². The molecular weight excluding hydrogens is 316 g/mol. The van der Waals surface area contributed by atoms with Gasteiger partial charge in [0.15, 0.2) is 0 Å². The Hall–Kier alpha value is -3.12. The molecule has 6 nitrogen and oxygen atoms in total. The number of hydroxylamine groups is 1. The van der Waals surface area contributed by atoms with E-state index in [4.69, 9.17) is 9.57 Å². The minimum Gasteiger partial charge on any atom is -0.489 e. The van der Waals surface area contributed by atoms with E-state index in [0.29, 0.717) is 19.2 Å². The lowest BCUT2D eigenvalue weighted by atomic mass is 10.1. The highest BCUT2D eigenvalue weighted by atomic mass is 16.7. The first-order chi connectivity index (χ1) is 12.3. The lowest BCUT2D eigenvalue weighted by Gasteiger charge is -2.17. The third-order valence-corrected chi connectivity index (χ3v) is 3.91. The van der Waals surface area contributed by atoms with Crippen molar-refractivity contribution in [3.8, 4) is 17.0 Å². The van der Waals surface area contributed by atoms with Gasteiger partial charge in [0.2, 0.25) is 5.95 Å². The van der Waals surface area contributed by atoms with Gasteiger partial charge in [0, 0.05) is 24.5 Å². The lowest BCUT2D eigenvalue weighted by molar-refractivity contribution is 0.105. The molecule has 1 aromatic heterocycles. The molecule has 0 bridgehead atoms. The number of hydrogen-bond donors (Lipinski definition) is 1. The zero-order chi connectivity index (χ0) is 17.1. The van der Waals surface area contributed by atoms with Gasteiger partial charge >= 0.3 is 0 Å². The van der Waals surface area contributed by atoms with Crippen LogP contribution in [0, 0.1) is 0 Å². The molecule has 0 spiro atoms. The van der Waals surface area contributed by atoms with Crippen LogP contribution in [-0.2, 0) is 4.84 Å². The van der Waals surface area contributed by atoms with Crippen LogP contribution in [0.5, 0.6) is 5.75 Å². The number of hydrogen-bond acceptors (Lipinski definition) is 6. The highest BCUT2D eigenvalue weighted by molar-refractivity contribution is 5.70. The molecule has 0 atom stereocenters. The summed E-state index contributed by atoms with van der Waals surface area (Å²) in [5, 5.41) is 4.95. The summed E-state index contributed by atoms with van der Waals surface area (Å²) in [6.45, 7) is 1.06. The Kier molecular flexibility index (Phi) is 4.18. The molecule has 25 heavy (non-hydrogen) atoms. The van der Waals surface area contributed by atoms with Crippen LogP contribution in [0.4, 0.5) is 17.3 Å². The number of ether oxygens (including phenoxy) is 1. The van der Waals surface area contributed by atoms with E-state index in [9.17, 15) is 0 Å². The van der Waals surface area contributed by atoms with Gasteiger partial charge in [0.05, 0.1) is 5.69 Å². The number of anilines is 3. The van der Waals surface area contributed by atoms with Crippen molar-refractivity contribution in [3.05, 3.63) is 60.8 Å². The average molecular weight is 334 g/mol. The summed E-state index contributed by atoms with van der Waals surface area (Å²) in [6.07, 6.45) is 1.75. The Morgan fingerprint density at radius 2 is 1.92 bits per heavy atom. The fourth-order valence-corrected chi connectivity index (χ4v) is 2.67. The highest BCUT2D eigenvalue weighted by Crippen LogP contribution is 2.34. The van der Waals surface area contributed by atoms with Crippen LogP contribution < -0.4 is 15.1 Å². The Morgan fingerprint density at radius 1 is 1.04 bits per heavy atom. The van der Waals surface area contributed by atoms with Crippen LogP contribution in [0.25, 0.3) is 11.3 Å². The number of nitrogens with one attached hydrogen (secondary N) is 1. The summed E-state index contributed by atoms with van der Waals surface area (Å²) in [4.78, 5) is 14.5. The van der Waals surface area contributed by atoms with E-state index in [1.807, 2.05) is 61.6 Å². The number of benzene rings is 2. The van der Waals surface area contributed by atoms with Crippen LogP contribution in [0.2, 0.25) is 0 Å². The number of nitrogens with zero attached hydrogens (tertiary/aromatic N) is 3. The molecule has 2 heterocycles. The fraction of sp³-hybridized carbons (Fsp3) is 0.158. The number of fused-ring (bicyclic) bond motifs is 1.